The Bertz CT molecular complexity index is 629. The van der Waals surface area contributed by atoms with Gasteiger partial charge in [0.2, 0.25) is 11.8 Å². The molecule has 2 amide bonds. The Morgan fingerprint density at radius 3 is 2.57 bits per heavy atom. The molecule has 0 aliphatic carbocycles. The van der Waals surface area contributed by atoms with Crippen molar-refractivity contribution in [2.75, 3.05) is 0 Å². The molecule has 0 fully saturated rings. The summed E-state index contributed by atoms with van der Waals surface area (Å²) in [6.45, 7) is 0.386. The van der Waals surface area contributed by atoms with E-state index in [0.29, 0.717) is 18.5 Å². The summed E-state index contributed by atoms with van der Waals surface area (Å²) in [5.41, 5.74) is 7.38. The monoisotopic (exact) mass is 284 g/mol. The van der Waals surface area contributed by atoms with Crippen LogP contribution in [0.25, 0.3) is 0 Å². The fourth-order valence-corrected chi connectivity index (χ4v) is 1.94. The summed E-state index contributed by atoms with van der Waals surface area (Å²) in [5.74, 6) is -0.578. The van der Waals surface area contributed by atoms with E-state index < -0.39 is 5.91 Å². The minimum Gasteiger partial charge on any atom is -0.366 e. The van der Waals surface area contributed by atoms with Crippen molar-refractivity contribution in [3.05, 3.63) is 59.7 Å². The Labute approximate surface area is 122 Å². The van der Waals surface area contributed by atoms with Gasteiger partial charge in [0, 0.05) is 36.5 Å². The van der Waals surface area contributed by atoms with Gasteiger partial charge in [0.15, 0.2) is 0 Å². The minimum atomic E-state index is -0.479. The van der Waals surface area contributed by atoms with Crippen molar-refractivity contribution in [3.63, 3.8) is 0 Å². The molecule has 0 aliphatic rings. The zero-order valence-electron chi connectivity index (χ0n) is 11.5. The highest BCUT2D eigenvalue weighted by Gasteiger charge is 2.09. The highest BCUT2D eigenvalue weighted by Crippen LogP contribution is 2.10. The number of nitrogens with one attached hydrogen (secondary N) is 1. The van der Waals surface area contributed by atoms with Crippen molar-refractivity contribution in [2.45, 2.75) is 19.4 Å². The molecule has 2 rings (SSSR count). The van der Waals surface area contributed by atoms with Gasteiger partial charge < -0.3 is 11.1 Å². The third-order valence-electron chi connectivity index (χ3n) is 3.01. The van der Waals surface area contributed by atoms with Gasteiger partial charge in [-0.05, 0) is 18.1 Å². The second-order valence-corrected chi connectivity index (χ2v) is 4.54. The van der Waals surface area contributed by atoms with E-state index in [4.69, 9.17) is 5.73 Å². The molecule has 21 heavy (non-hydrogen) atoms. The smallest absolute Gasteiger partial charge is 0.248 e. The van der Waals surface area contributed by atoms with Crippen LogP contribution < -0.4 is 11.1 Å². The molecule has 0 spiro atoms. The van der Waals surface area contributed by atoms with Crippen molar-refractivity contribution in [1.82, 2.24) is 15.3 Å². The summed E-state index contributed by atoms with van der Waals surface area (Å²) in [4.78, 5) is 30.8. The number of rotatable bonds is 6. The molecular formula is C15H16N4O2. The van der Waals surface area contributed by atoms with Gasteiger partial charge in [-0.25, -0.2) is 9.97 Å². The lowest BCUT2D eigenvalue weighted by atomic mass is 10.0. The number of primary amides is 1. The first-order chi connectivity index (χ1) is 10.2. The second-order valence-electron chi connectivity index (χ2n) is 4.54. The van der Waals surface area contributed by atoms with Gasteiger partial charge in [0.25, 0.3) is 0 Å². The van der Waals surface area contributed by atoms with Crippen LogP contribution in [0.4, 0.5) is 0 Å². The van der Waals surface area contributed by atoms with Crippen LogP contribution in [0.1, 0.15) is 27.9 Å². The average molecular weight is 284 g/mol. The summed E-state index contributed by atoms with van der Waals surface area (Å²) in [6, 6.07) is 7.04. The number of nitrogens with zero attached hydrogens (tertiary/aromatic N) is 2. The van der Waals surface area contributed by atoms with Crippen LogP contribution in [0, 0.1) is 0 Å². The van der Waals surface area contributed by atoms with E-state index in [1.807, 2.05) is 6.07 Å². The molecule has 6 nitrogen and oxygen atoms in total. The molecule has 0 aliphatic heterocycles. The molecule has 0 radical (unpaired) electrons. The van der Waals surface area contributed by atoms with Gasteiger partial charge >= 0.3 is 0 Å². The zero-order chi connectivity index (χ0) is 15.1. The third kappa shape index (κ3) is 4.38. The van der Waals surface area contributed by atoms with E-state index in [9.17, 15) is 9.59 Å². The van der Waals surface area contributed by atoms with E-state index in [1.54, 1.807) is 30.6 Å². The van der Waals surface area contributed by atoms with E-state index in [-0.39, 0.29) is 12.3 Å². The lowest BCUT2D eigenvalue weighted by Gasteiger charge is -2.07. The lowest BCUT2D eigenvalue weighted by Crippen LogP contribution is -2.23. The summed E-state index contributed by atoms with van der Waals surface area (Å²) in [6.07, 6.45) is 5.49. The fraction of sp³-hybridized carbons (Fsp3) is 0.200. The predicted octanol–water partition coefficient (Wildman–Crippen LogP) is 0.824. The number of carbonyl (C=O) groups is 2. The number of carbonyl (C=O) groups excluding carboxylic acids is 2. The van der Waals surface area contributed by atoms with Crippen molar-refractivity contribution in [2.24, 2.45) is 5.73 Å². The Hall–Kier alpha value is -2.76. The quantitative estimate of drug-likeness (QED) is 0.820. The van der Waals surface area contributed by atoms with Gasteiger partial charge in [0.05, 0.1) is 0 Å². The van der Waals surface area contributed by atoms with Crippen molar-refractivity contribution >= 4 is 11.8 Å². The number of amides is 2. The van der Waals surface area contributed by atoms with Crippen molar-refractivity contribution in [3.8, 4) is 0 Å². The number of benzene rings is 1. The van der Waals surface area contributed by atoms with Crippen LogP contribution in [0.2, 0.25) is 0 Å². The molecule has 2 aromatic rings. The van der Waals surface area contributed by atoms with Crippen LogP contribution >= 0.6 is 0 Å². The summed E-state index contributed by atoms with van der Waals surface area (Å²) in [7, 11) is 0. The van der Waals surface area contributed by atoms with Crippen LogP contribution in [-0.2, 0) is 17.8 Å². The number of aryl methyl sites for hydroxylation is 1. The number of aromatic nitrogens is 2. The number of hydrogen-bond acceptors (Lipinski definition) is 4. The molecule has 0 bridgehead atoms. The molecule has 1 heterocycles. The first kappa shape index (κ1) is 14.6. The Balaban J connectivity index is 1.86. The number of hydrogen-bond donors (Lipinski definition) is 2. The molecule has 1 aromatic carbocycles. The minimum absolute atomic E-state index is 0.0990. The summed E-state index contributed by atoms with van der Waals surface area (Å²) >= 11 is 0. The SMILES string of the molecule is NC(=O)c1ccccc1CCC(=O)NCc1cncnc1. The average Bonchev–Trinajstić information content (AvgIpc) is 2.52. The lowest BCUT2D eigenvalue weighted by molar-refractivity contribution is -0.121. The maximum Gasteiger partial charge on any atom is 0.248 e. The molecule has 108 valence electrons. The van der Waals surface area contributed by atoms with E-state index in [1.165, 1.54) is 6.33 Å². The number of nitrogens with two attached hydrogens (primary N) is 1. The topological polar surface area (TPSA) is 98.0 Å². The van der Waals surface area contributed by atoms with Crippen molar-refractivity contribution in [1.29, 1.82) is 0 Å². The molecule has 6 heteroatoms. The van der Waals surface area contributed by atoms with Crippen molar-refractivity contribution < 1.29 is 9.59 Å². The van der Waals surface area contributed by atoms with E-state index >= 15 is 0 Å². The molecule has 0 atom stereocenters. The molecule has 1 aromatic heterocycles. The van der Waals surface area contributed by atoms with Gasteiger partial charge in [-0.1, -0.05) is 18.2 Å². The van der Waals surface area contributed by atoms with E-state index in [0.717, 1.165) is 11.1 Å². The zero-order valence-corrected chi connectivity index (χ0v) is 11.5. The molecule has 0 unspecified atom stereocenters. The Kier molecular flexibility index (Phi) is 4.98. The normalized spacial score (nSPS) is 10.1. The third-order valence-corrected chi connectivity index (χ3v) is 3.01. The first-order valence-corrected chi connectivity index (χ1v) is 6.55. The molecule has 0 saturated carbocycles. The highest BCUT2D eigenvalue weighted by molar-refractivity contribution is 5.94. The summed E-state index contributed by atoms with van der Waals surface area (Å²) in [5, 5.41) is 2.78. The fourth-order valence-electron chi connectivity index (χ4n) is 1.94. The Morgan fingerprint density at radius 1 is 1.14 bits per heavy atom. The van der Waals surface area contributed by atoms with Gasteiger partial charge in [-0.2, -0.15) is 0 Å². The maximum absolute atomic E-state index is 11.8. The molecular weight excluding hydrogens is 268 g/mol. The first-order valence-electron chi connectivity index (χ1n) is 6.55. The molecule has 0 saturated heterocycles. The van der Waals surface area contributed by atoms with Crippen LogP contribution in [-0.4, -0.2) is 21.8 Å². The van der Waals surface area contributed by atoms with Gasteiger partial charge in [0.1, 0.15) is 6.33 Å². The highest BCUT2D eigenvalue weighted by atomic mass is 16.1. The standard InChI is InChI=1S/C15H16N4O2/c16-15(21)13-4-2-1-3-12(13)5-6-14(20)19-9-11-7-17-10-18-8-11/h1-4,7-8,10H,5-6,9H2,(H2,16,21)(H,19,20). The van der Waals surface area contributed by atoms with E-state index in [2.05, 4.69) is 15.3 Å². The predicted molar refractivity (Wildman–Crippen MR) is 77.2 cm³/mol. The summed E-state index contributed by atoms with van der Waals surface area (Å²) < 4.78 is 0. The second kappa shape index (κ2) is 7.14. The Morgan fingerprint density at radius 2 is 1.86 bits per heavy atom. The van der Waals surface area contributed by atoms with Crippen LogP contribution in [0.5, 0.6) is 0 Å². The van der Waals surface area contributed by atoms with Crippen LogP contribution in [0.3, 0.4) is 0 Å². The van der Waals surface area contributed by atoms with Crippen LogP contribution in [0.15, 0.2) is 43.0 Å². The largest absolute Gasteiger partial charge is 0.366 e. The molecule has 3 N–H and O–H groups in total. The maximum atomic E-state index is 11.8. The van der Waals surface area contributed by atoms with Gasteiger partial charge in [-0.3, -0.25) is 9.59 Å². The van der Waals surface area contributed by atoms with Gasteiger partial charge in [-0.15, -0.1) is 0 Å².